The van der Waals surface area contributed by atoms with Gasteiger partial charge in [-0.1, -0.05) is 20.8 Å². The van der Waals surface area contributed by atoms with E-state index in [-0.39, 0.29) is 29.6 Å². The number of nitrogens with two attached hydrogens (primary N) is 1. The van der Waals surface area contributed by atoms with Crippen LogP contribution in [0.1, 0.15) is 32.4 Å². The van der Waals surface area contributed by atoms with Gasteiger partial charge in [0.15, 0.2) is 11.5 Å². The van der Waals surface area contributed by atoms with E-state index in [2.05, 4.69) is 20.8 Å². The van der Waals surface area contributed by atoms with E-state index in [0.717, 1.165) is 5.56 Å². The number of halogens is 1. The molecule has 0 aliphatic heterocycles. The van der Waals surface area contributed by atoms with E-state index in [4.69, 9.17) is 15.2 Å². The Bertz CT molecular complexity index is 377. The minimum absolute atomic E-state index is 0. The molecule has 1 aromatic rings. The lowest BCUT2D eigenvalue weighted by Crippen LogP contribution is -2.26. The standard InChI is InChI=1S/C13H21NO3.ClH/c1-13(2,3)12(14)8-6-9(16-4)11(15)10(7-8)17-5;/h6-7,12,15H,14H2,1-5H3;1H/t12-;/m1./s1. The lowest BCUT2D eigenvalue weighted by atomic mass is 9.83. The molecular weight excluding hydrogens is 254 g/mol. The Morgan fingerprint density at radius 3 is 1.78 bits per heavy atom. The van der Waals surface area contributed by atoms with E-state index in [0.29, 0.717) is 11.5 Å². The number of phenols is 1. The molecule has 0 spiro atoms. The van der Waals surface area contributed by atoms with E-state index in [1.807, 2.05) is 0 Å². The zero-order valence-corrected chi connectivity index (χ0v) is 12.3. The van der Waals surface area contributed by atoms with E-state index in [1.165, 1.54) is 14.2 Å². The van der Waals surface area contributed by atoms with E-state index in [1.54, 1.807) is 12.1 Å². The van der Waals surface area contributed by atoms with Crippen molar-refractivity contribution in [1.82, 2.24) is 0 Å². The zero-order chi connectivity index (χ0) is 13.2. The maximum Gasteiger partial charge on any atom is 0.200 e. The monoisotopic (exact) mass is 275 g/mol. The number of hydrogen-bond acceptors (Lipinski definition) is 4. The number of rotatable bonds is 3. The van der Waals surface area contributed by atoms with Gasteiger partial charge in [0.05, 0.1) is 14.2 Å². The third-order valence-corrected chi connectivity index (χ3v) is 2.79. The van der Waals surface area contributed by atoms with Gasteiger partial charge in [0.2, 0.25) is 5.75 Å². The van der Waals surface area contributed by atoms with E-state index < -0.39 is 0 Å². The molecule has 1 rings (SSSR count). The summed E-state index contributed by atoms with van der Waals surface area (Å²) < 4.78 is 10.2. The fourth-order valence-corrected chi connectivity index (χ4v) is 1.59. The minimum Gasteiger partial charge on any atom is -0.502 e. The summed E-state index contributed by atoms with van der Waals surface area (Å²) in [7, 11) is 3.00. The van der Waals surface area contributed by atoms with Crippen molar-refractivity contribution in [1.29, 1.82) is 0 Å². The Labute approximate surface area is 115 Å². The Morgan fingerprint density at radius 1 is 1.11 bits per heavy atom. The highest BCUT2D eigenvalue weighted by Gasteiger charge is 2.24. The lowest BCUT2D eigenvalue weighted by molar-refractivity contribution is 0.316. The number of aromatic hydroxyl groups is 1. The summed E-state index contributed by atoms with van der Waals surface area (Å²) in [6.45, 7) is 6.18. The van der Waals surface area contributed by atoms with Crippen LogP contribution in [0.25, 0.3) is 0 Å². The Morgan fingerprint density at radius 2 is 1.50 bits per heavy atom. The van der Waals surface area contributed by atoms with E-state index in [9.17, 15) is 5.11 Å². The van der Waals surface area contributed by atoms with Crippen molar-refractivity contribution in [2.75, 3.05) is 14.2 Å². The van der Waals surface area contributed by atoms with E-state index >= 15 is 0 Å². The van der Waals surface area contributed by atoms with Gasteiger partial charge in [0, 0.05) is 6.04 Å². The number of phenolic OH excluding ortho intramolecular Hbond substituents is 1. The molecule has 3 N–H and O–H groups in total. The van der Waals surface area contributed by atoms with Gasteiger partial charge >= 0.3 is 0 Å². The molecule has 0 radical (unpaired) electrons. The summed E-state index contributed by atoms with van der Waals surface area (Å²) in [4.78, 5) is 0. The topological polar surface area (TPSA) is 64.7 Å². The summed E-state index contributed by atoms with van der Waals surface area (Å²) in [5, 5.41) is 9.81. The van der Waals surface area contributed by atoms with Crippen molar-refractivity contribution >= 4 is 12.4 Å². The first-order chi connectivity index (χ1) is 7.81. The van der Waals surface area contributed by atoms with Crippen LogP contribution in [0.3, 0.4) is 0 Å². The zero-order valence-electron chi connectivity index (χ0n) is 11.5. The van der Waals surface area contributed by atoms with Gasteiger partial charge < -0.3 is 20.3 Å². The quantitative estimate of drug-likeness (QED) is 0.890. The van der Waals surface area contributed by atoms with Crippen LogP contribution in [-0.2, 0) is 0 Å². The van der Waals surface area contributed by atoms with Gasteiger partial charge in [-0.05, 0) is 23.1 Å². The summed E-state index contributed by atoms with van der Waals surface area (Å²) in [5.74, 6) is 0.748. The van der Waals surface area contributed by atoms with Crippen LogP contribution >= 0.6 is 12.4 Å². The molecule has 1 atom stereocenters. The van der Waals surface area contributed by atoms with Crippen LogP contribution in [0.2, 0.25) is 0 Å². The van der Waals surface area contributed by atoms with Gasteiger partial charge in [0.1, 0.15) is 0 Å². The molecule has 4 nitrogen and oxygen atoms in total. The number of methoxy groups -OCH3 is 2. The fourth-order valence-electron chi connectivity index (χ4n) is 1.59. The molecule has 0 aliphatic carbocycles. The highest BCUT2D eigenvalue weighted by atomic mass is 35.5. The van der Waals surface area contributed by atoms with Crippen LogP contribution in [-0.4, -0.2) is 19.3 Å². The number of benzene rings is 1. The number of ether oxygens (including phenoxy) is 2. The molecule has 1 aromatic carbocycles. The highest BCUT2D eigenvalue weighted by Crippen LogP contribution is 2.41. The molecule has 0 bridgehead atoms. The van der Waals surface area contributed by atoms with Crippen LogP contribution in [0, 0.1) is 5.41 Å². The van der Waals surface area contributed by atoms with Crippen LogP contribution < -0.4 is 15.2 Å². The molecule has 0 aliphatic rings. The van der Waals surface area contributed by atoms with Gasteiger partial charge in [-0.25, -0.2) is 0 Å². The summed E-state index contributed by atoms with van der Waals surface area (Å²) in [6, 6.07) is 3.33. The normalized spacial score (nSPS) is 12.6. The first kappa shape index (κ1) is 16.9. The third-order valence-electron chi connectivity index (χ3n) is 2.79. The van der Waals surface area contributed by atoms with Crippen molar-refractivity contribution in [3.63, 3.8) is 0 Å². The molecule has 0 saturated heterocycles. The number of hydrogen-bond donors (Lipinski definition) is 2. The molecule has 0 amide bonds. The molecule has 18 heavy (non-hydrogen) atoms. The van der Waals surface area contributed by atoms with Gasteiger partial charge in [0.25, 0.3) is 0 Å². The van der Waals surface area contributed by atoms with Crippen molar-refractivity contribution < 1.29 is 14.6 Å². The SMILES string of the molecule is COc1cc([C@@H](N)C(C)(C)C)cc(OC)c1O.Cl. The first-order valence-corrected chi connectivity index (χ1v) is 5.51. The molecule has 104 valence electrons. The molecule has 0 saturated carbocycles. The Hall–Kier alpha value is -1.13. The van der Waals surface area contributed by atoms with Crippen molar-refractivity contribution in [2.45, 2.75) is 26.8 Å². The van der Waals surface area contributed by atoms with Gasteiger partial charge in [-0.15, -0.1) is 12.4 Å². The van der Waals surface area contributed by atoms with Crippen molar-refractivity contribution in [3.8, 4) is 17.2 Å². The summed E-state index contributed by atoms with van der Waals surface area (Å²) in [5.41, 5.74) is 6.98. The van der Waals surface area contributed by atoms with Gasteiger partial charge in [-0.2, -0.15) is 0 Å². The second kappa shape index (κ2) is 6.16. The average molecular weight is 276 g/mol. The summed E-state index contributed by atoms with van der Waals surface area (Å²) in [6.07, 6.45) is 0. The largest absolute Gasteiger partial charge is 0.502 e. The van der Waals surface area contributed by atoms with Gasteiger partial charge in [-0.3, -0.25) is 0 Å². The molecular formula is C13H22ClNO3. The van der Waals surface area contributed by atoms with Crippen molar-refractivity contribution in [3.05, 3.63) is 17.7 Å². The predicted molar refractivity (Wildman–Crippen MR) is 74.8 cm³/mol. The second-order valence-electron chi connectivity index (χ2n) is 5.12. The van der Waals surface area contributed by atoms with Crippen LogP contribution in [0.4, 0.5) is 0 Å². The van der Waals surface area contributed by atoms with Crippen LogP contribution in [0.15, 0.2) is 12.1 Å². The predicted octanol–water partition coefficient (Wildman–Crippen LogP) is 2.88. The molecule has 0 aromatic heterocycles. The minimum atomic E-state index is -0.161. The molecule has 0 fully saturated rings. The second-order valence-corrected chi connectivity index (χ2v) is 5.12. The Balaban J connectivity index is 0.00000289. The maximum absolute atomic E-state index is 9.81. The average Bonchev–Trinajstić information content (AvgIpc) is 2.27. The van der Waals surface area contributed by atoms with Crippen LogP contribution in [0.5, 0.6) is 17.2 Å². The maximum atomic E-state index is 9.81. The molecule has 5 heteroatoms. The lowest BCUT2D eigenvalue weighted by Gasteiger charge is -2.28. The smallest absolute Gasteiger partial charge is 0.200 e. The van der Waals surface area contributed by atoms with Crippen molar-refractivity contribution in [2.24, 2.45) is 11.1 Å². The fraction of sp³-hybridized carbons (Fsp3) is 0.538. The summed E-state index contributed by atoms with van der Waals surface area (Å²) >= 11 is 0. The molecule has 0 unspecified atom stereocenters. The third kappa shape index (κ3) is 3.43. The highest BCUT2D eigenvalue weighted by molar-refractivity contribution is 5.85. The first-order valence-electron chi connectivity index (χ1n) is 5.51. The molecule has 0 heterocycles. The Kier molecular flexibility index (Phi) is 5.77.